The van der Waals surface area contributed by atoms with Gasteiger partial charge in [-0.1, -0.05) is 36.4 Å². The number of hydrogen-bond donors (Lipinski definition) is 3. The summed E-state index contributed by atoms with van der Waals surface area (Å²) >= 11 is 0. The molecule has 0 radical (unpaired) electrons. The molecule has 5 aromatic rings. The minimum Gasteiger partial charge on any atom is -0.451 e. The molecule has 1 atom stereocenters. The van der Waals surface area contributed by atoms with E-state index >= 15 is 0 Å². The zero-order valence-electron chi connectivity index (χ0n) is 21.7. The van der Waals surface area contributed by atoms with Gasteiger partial charge in [-0.05, 0) is 49.7 Å². The standard InChI is InChI=1S/C29H25N7O4/c1-29(2)21-14-18(11-12-19(21)27(38)40-29)32-28-31-15-20(25-35-36-26(39-25)22-10-6-7-13-30-22)24(34-28)33-23(16-37)17-8-4-3-5-9-17/h3-15,23,37H,16H2,1-2H3,(H2,31,32,33,34)/t23-/m1/s1. The van der Waals surface area contributed by atoms with Crippen molar-refractivity contribution in [2.24, 2.45) is 0 Å². The number of aromatic nitrogens is 5. The van der Waals surface area contributed by atoms with Crippen molar-refractivity contribution < 1.29 is 19.1 Å². The number of benzene rings is 2. The summed E-state index contributed by atoms with van der Waals surface area (Å²) in [6, 6.07) is 19.8. The third-order valence-electron chi connectivity index (χ3n) is 6.52. The highest BCUT2D eigenvalue weighted by Gasteiger charge is 2.37. The predicted octanol–water partition coefficient (Wildman–Crippen LogP) is 4.88. The minimum absolute atomic E-state index is 0.187. The molecule has 6 rings (SSSR count). The number of cyclic esters (lactones) is 1. The molecule has 3 aromatic heterocycles. The Morgan fingerprint density at radius 1 is 0.950 bits per heavy atom. The van der Waals surface area contributed by atoms with Gasteiger partial charge < -0.3 is 24.9 Å². The van der Waals surface area contributed by atoms with E-state index in [2.05, 4.69) is 30.8 Å². The van der Waals surface area contributed by atoms with Crippen LogP contribution in [-0.2, 0) is 10.3 Å². The second kappa shape index (κ2) is 10.2. The number of anilines is 3. The summed E-state index contributed by atoms with van der Waals surface area (Å²) in [6.07, 6.45) is 3.21. The van der Waals surface area contributed by atoms with E-state index in [0.29, 0.717) is 28.3 Å². The number of carbonyl (C=O) groups excluding carboxylic acids is 1. The van der Waals surface area contributed by atoms with Crippen LogP contribution in [0.3, 0.4) is 0 Å². The van der Waals surface area contributed by atoms with Crippen molar-refractivity contribution in [2.75, 3.05) is 17.2 Å². The van der Waals surface area contributed by atoms with Crippen LogP contribution in [0.5, 0.6) is 0 Å². The van der Waals surface area contributed by atoms with Crippen molar-refractivity contribution in [3.05, 3.63) is 95.8 Å². The Kier molecular flexibility index (Phi) is 6.40. The number of aliphatic hydroxyl groups is 1. The molecule has 0 aliphatic carbocycles. The van der Waals surface area contributed by atoms with Crippen LogP contribution in [-0.4, -0.2) is 42.8 Å². The van der Waals surface area contributed by atoms with Crippen molar-refractivity contribution in [2.45, 2.75) is 25.5 Å². The smallest absolute Gasteiger partial charge is 0.339 e. The number of pyridine rings is 1. The van der Waals surface area contributed by atoms with E-state index in [4.69, 9.17) is 14.1 Å². The molecule has 11 heteroatoms. The van der Waals surface area contributed by atoms with Crippen molar-refractivity contribution in [1.29, 1.82) is 0 Å². The van der Waals surface area contributed by atoms with Gasteiger partial charge in [0.2, 0.25) is 5.95 Å². The maximum atomic E-state index is 12.2. The number of nitrogens with zero attached hydrogens (tertiary/aromatic N) is 5. The van der Waals surface area contributed by atoms with Crippen LogP contribution in [0.4, 0.5) is 17.5 Å². The monoisotopic (exact) mass is 535 g/mol. The van der Waals surface area contributed by atoms with Crippen molar-refractivity contribution in [3.8, 4) is 23.0 Å². The summed E-state index contributed by atoms with van der Waals surface area (Å²) < 4.78 is 11.4. The number of esters is 1. The maximum absolute atomic E-state index is 12.2. The van der Waals surface area contributed by atoms with Gasteiger partial charge in [0.05, 0.1) is 23.8 Å². The molecule has 200 valence electrons. The fourth-order valence-corrected chi connectivity index (χ4v) is 4.49. The lowest BCUT2D eigenvalue weighted by atomic mass is 9.95. The molecule has 0 bridgehead atoms. The van der Waals surface area contributed by atoms with Gasteiger partial charge >= 0.3 is 5.97 Å². The number of carbonyl (C=O) groups is 1. The largest absolute Gasteiger partial charge is 0.451 e. The summed E-state index contributed by atoms with van der Waals surface area (Å²) in [4.78, 5) is 25.6. The maximum Gasteiger partial charge on any atom is 0.339 e. The lowest BCUT2D eigenvalue weighted by molar-refractivity contribution is 0.00954. The summed E-state index contributed by atoms with van der Waals surface area (Å²) in [5.74, 6) is 0.747. The Hall–Kier alpha value is -5.16. The van der Waals surface area contributed by atoms with Gasteiger partial charge in [0, 0.05) is 23.6 Å². The lowest BCUT2D eigenvalue weighted by Gasteiger charge is -2.20. The predicted molar refractivity (Wildman–Crippen MR) is 147 cm³/mol. The van der Waals surface area contributed by atoms with Crippen LogP contribution in [0, 0.1) is 0 Å². The van der Waals surface area contributed by atoms with Gasteiger partial charge in [-0.25, -0.2) is 9.78 Å². The quantitative estimate of drug-likeness (QED) is 0.233. The van der Waals surface area contributed by atoms with E-state index < -0.39 is 11.6 Å². The van der Waals surface area contributed by atoms with E-state index in [1.807, 2.05) is 56.3 Å². The number of aliphatic hydroxyl groups excluding tert-OH is 1. The highest BCUT2D eigenvalue weighted by Crippen LogP contribution is 2.38. The van der Waals surface area contributed by atoms with E-state index in [9.17, 15) is 9.90 Å². The van der Waals surface area contributed by atoms with Gasteiger partial charge in [-0.3, -0.25) is 4.98 Å². The number of hydrogen-bond acceptors (Lipinski definition) is 11. The average Bonchev–Trinajstić information content (AvgIpc) is 3.55. The normalized spacial score (nSPS) is 14.3. The SMILES string of the molecule is CC1(C)OC(=O)c2ccc(Nc3ncc(-c4nnc(-c5ccccn5)o4)c(N[C@H](CO)c4ccccc4)n3)cc21. The molecular formula is C29H25N7O4. The van der Waals surface area contributed by atoms with E-state index in [-0.39, 0.29) is 30.3 Å². The number of fused-ring (bicyclic) bond motifs is 1. The molecule has 0 unspecified atom stereocenters. The first-order valence-corrected chi connectivity index (χ1v) is 12.6. The van der Waals surface area contributed by atoms with Crippen LogP contribution in [0.2, 0.25) is 0 Å². The topological polar surface area (TPSA) is 148 Å². The lowest BCUT2D eigenvalue weighted by Crippen LogP contribution is -2.17. The van der Waals surface area contributed by atoms with Crippen molar-refractivity contribution in [3.63, 3.8) is 0 Å². The van der Waals surface area contributed by atoms with E-state index in [0.717, 1.165) is 11.1 Å². The molecule has 2 aromatic carbocycles. The second-order valence-corrected chi connectivity index (χ2v) is 9.66. The number of rotatable bonds is 8. The number of nitrogens with one attached hydrogen (secondary N) is 2. The highest BCUT2D eigenvalue weighted by atomic mass is 16.6. The van der Waals surface area contributed by atoms with Gasteiger partial charge in [-0.2, -0.15) is 4.98 Å². The first-order valence-electron chi connectivity index (χ1n) is 12.6. The van der Waals surface area contributed by atoms with E-state index in [1.165, 1.54) is 0 Å². The summed E-state index contributed by atoms with van der Waals surface area (Å²) in [5, 5.41) is 25.0. The molecule has 40 heavy (non-hydrogen) atoms. The molecule has 0 saturated heterocycles. The first-order chi connectivity index (χ1) is 19.4. The molecule has 3 N–H and O–H groups in total. The molecule has 1 aliphatic rings. The van der Waals surface area contributed by atoms with Crippen molar-refractivity contribution in [1.82, 2.24) is 25.1 Å². The minimum atomic E-state index is -0.741. The summed E-state index contributed by atoms with van der Waals surface area (Å²) in [6.45, 7) is 3.50. The van der Waals surface area contributed by atoms with Gasteiger partial charge in [0.25, 0.3) is 11.8 Å². The summed E-state index contributed by atoms with van der Waals surface area (Å²) in [7, 11) is 0. The highest BCUT2D eigenvalue weighted by molar-refractivity contribution is 5.95. The number of ether oxygens (including phenoxy) is 1. The second-order valence-electron chi connectivity index (χ2n) is 9.66. The van der Waals surface area contributed by atoms with Crippen molar-refractivity contribution >= 4 is 23.4 Å². The van der Waals surface area contributed by atoms with Gasteiger partial charge in [0.15, 0.2) is 0 Å². The Balaban J connectivity index is 1.36. The Morgan fingerprint density at radius 2 is 1.75 bits per heavy atom. The molecule has 0 fully saturated rings. The zero-order valence-corrected chi connectivity index (χ0v) is 21.7. The van der Waals surface area contributed by atoms with Crippen LogP contribution in [0.15, 0.2) is 83.5 Å². The Labute approximate surface area is 229 Å². The Morgan fingerprint density at radius 3 is 2.52 bits per heavy atom. The molecule has 11 nitrogen and oxygen atoms in total. The van der Waals surface area contributed by atoms with Gasteiger partial charge in [-0.15, -0.1) is 10.2 Å². The molecule has 0 saturated carbocycles. The third kappa shape index (κ3) is 4.85. The van der Waals surface area contributed by atoms with Crippen LogP contribution in [0.25, 0.3) is 23.0 Å². The van der Waals surface area contributed by atoms with Crippen LogP contribution >= 0.6 is 0 Å². The van der Waals surface area contributed by atoms with Crippen LogP contribution < -0.4 is 10.6 Å². The summed E-state index contributed by atoms with van der Waals surface area (Å²) in [5.41, 5.74) is 3.10. The third-order valence-corrected chi connectivity index (χ3v) is 6.52. The molecule has 1 aliphatic heterocycles. The van der Waals surface area contributed by atoms with E-state index in [1.54, 1.807) is 36.7 Å². The zero-order chi connectivity index (χ0) is 27.7. The van der Waals surface area contributed by atoms with Gasteiger partial charge in [0.1, 0.15) is 17.1 Å². The fraction of sp³-hybridized carbons (Fsp3) is 0.172. The average molecular weight is 536 g/mol. The molecule has 0 spiro atoms. The molecule has 0 amide bonds. The first kappa shape index (κ1) is 25.1. The molecule has 4 heterocycles. The molecular weight excluding hydrogens is 510 g/mol. The Bertz CT molecular complexity index is 1670. The fourth-order valence-electron chi connectivity index (χ4n) is 4.49. The van der Waals surface area contributed by atoms with Crippen LogP contribution in [0.1, 0.15) is 41.4 Å².